The van der Waals surface area contributed by atoms with E-state index in [1.807, 2.05) is 84.9 Å². The van der Waals surface area contributed by atoms with Gasteiger partial charge in [0.15, 0.2) is 46.0 Å². The fourth-order valence-corrected chi connectivity index (χ4v) is 25.6. The fourth-order valence-electron chi connectivity index (χ4n) is 25.4. The highest BCUT2D eigenvalue weighted by Gasteiger charge is 2.44. The Morgan fingerprint density at radius 3 is 0.727 bits per heavy atom. The van der Waals surface area contributed by atoms with E-state index < -0.39 is 26.7 Å². The highest BCUT2D eigenvalue weighted by atomic mass is 127. The molecule has 28 heteroatoms. The second-order valence-corrected chi connectivity index (χ2v) is 41.6. The Bertz CT molecular complexity index is 6830. The quantitative estimate of drug-likeness (QED) is 0.00793. The topological polar surface area (TPSA) is 277 Å². The fraction of sp³-hybridized carbons (Fsp3) is 0.410. The molecule has 6 aliphatic heterocycles. The van der Waals surface area contributed by atoms with Gasteiger partial charge in [0.05, 0.1) is 46.5 Å². The highest BCUT2D eigenvalue weighted by molar-refractivity contribution is 14.1. The molecule has 0 spiro atoms. The summed E-state index contributed by atoms with van der Waals surface area (Å²) in [5, 5.41) is 103. The van der Waals surface area contributed by atoms with Crippen molar-refractivity contribution in [2.75, 3.05) is 156 Å². The Hall–Kier alpha value is -12.4. The molecule has 12 aliphatic rings. The predicted octanol–water partition coefficient (Wildman–Crippen LogP) is 23.4. The normalized spacial score (nSPS) is 18.6. The largest absolute Gasteiger partial charge is 0.507 e. The number of alkyl halides is 6. The summed E-state index contributed by atoms with van der Waals surface area (Å²) in [5.74, 6) is 4.32. The Morgan fingerprint density at radius 1 is 0.253 bits per heavy atom. The molecule has 0 fully saturated rings. The van der Waals surface area contributed by atoms with E-state index in [0.717, 1.165) is 237 Å². The van der Waals surface area contributed by atoms with Gasteiger partial charge in [0, 0.05) is 133 Å². The maximum absolute atomic E-state index is 12.5. The lowest BCUT2D eigenvalue weighted by Crippen LogP contribution is -2.38. The van der Waals surface area contributed by atoms with Gasteiger partial charge in [0.25, 0.3) is 0 Å². The number of benzene rings is 12. The summed E-state index contributed by atoms with van der Waals surface area (Å²) in [4.78, 5) is 14.8. The van der Waals surface area contributed by atoms with Crippen molar-refractivity contribution in [3.05, 3.63) is 258 Å². The van der Waals surface area contributed by atoms with Crippen molar-refractivity contribution >= 4 is 22.6 Å². The third-order valence-corrected chi connectivity index (χ3v) is 32.7. The smallest absolute Gasteiger partial charge is 0.165 e. The maximum Gasteiger partial charge on any atom is 0.165 e. The molecule has 6 aliphatic carbocycles. The van der Waals surface area contributed by atoms with Crippen LogP contribution in [-0.4, -0.2) is 237 Å². The molecule has 0 unspecified atom stereocenters. The van der Waals surface area contributed by atoms with Crippen LogP contribution in [-0.2, 0) is 77.0 Å². The van der Waals surface area contributed by atoms with Crippen LogP contribution in [0.2, 0.25) is 0 Å². The average molecular weight is 2160 g/mol. The zero-order valence-electron chi connectivity index (χ0n) is 86.2. The average Bonchev–Trinajstić information content (AvgIpc) is 0.744. The molecule has 0 amide bonds. The SMILES string of the molecule is CCN1CCc2cc(OCCCF)cc3c2[C@H]1Cc1ccc(O)c(O)c1-3.CCN1CCc2cc(OCCCF)cc3c2[C@H]1Cc1cccc(O)c1-3.CCN1CCc2cc(OCCF)cc3c2[C@H]1Cc1ccc(O)c(O)c1-3.CCN1CCc2cc(OCCF)cc3c2[C@H]1Cc1cccc(O)c1-3.CCN1CCc2cc(OCCI)cc3c2[C@H]1Cc1ccc(O)c(O)c1-3.CN1CCc2cc(OCCCF)cc3c2[C@H]1Cc1ccc(O)c(O)c1-3. The van der Waals surface area contributed by atoms with E-state index in [1.165, 1.54) is 77.9 Å². The van der Waals surface area contributed by atoms with Crippen LogP contribution >= 0.6 is 22.6 Å². The van der Waals surface area contributed by atoms with Crippen LogP contribution in [0.15, 0.2) is 158 Å². The molecule has 0 saturated carbocycles. The van der Waals surface area contributed by atoms with Crippen molar-refractivity contribution in [3.8, 4) is 159 Å². The molecule has 12 aromatic carbocycles. The van der Waals surface area contributed by atoms with Crippen LogP contribution in [0.4, 0.5) is 22.0 Å². The first kappa shape index (κ1) is 106. The predicted molar refractivity (Wildman–Crippen MR) is 583 cm³/mol. The first-order valence-corrected chi connectivity index (χ1v) is 54.8. The van der Waals surface area contributed by atoms with Crippen molar-refractivity contribution < 1.29 is 101 Å². The summed E-state index contributed by atoms with van der Waals surface area (Å²) in [7, 11) is 2.12. The zero-order chi connectivity index (χ0) is 105. The van der Waals surface area contributed by atoms with Gasteiger partial charge in [-0.15, -0.1) is 0 Å². The van der Waals surface area contributed by atoms with Crippen LogP contribution < -0.4 is 28.4 Å². The summed E-state index contributed by atoms with van der Waals surface area (Å²) >= 11 is 2.30. The second-order valence-electron chi connectivity index (χ2n) is 40.5. The van der Waals surface area contributed by atoms with Crippen molar-refractivity contribution in [2.45, 2.75) is 167 Å². The minimum atomic E-state index is -0.540. The molecule has 792 valence electrons. The van der Waals surface area contributed by atoms with Gasteiger partial charge in [-0.3, -0.25) is 42.6 Å². The molecule has 0 saturated heterocycles. The summed E-state index contributed by atoms with van der Waals surface area (Å²) in [5.41, 5.74) is 32.1. The molecular weight excluding hydrogens is 2030 g/mol. The van der Waals surface area contributed by atoms with Crippen molar-refractivity contribution in [2.24, 2.45) is 0 Å². The first-order valence-electron chi connectivity index (χ1n) is 53.3. The van der Waals surface area contributed by atoms with E-state index >= 15 is 0 Å². The summed E-state index contributed by atoms with van der Waals surface area (Å²) < 4.78 is 97.4. The minimum absolute atomic E-state index is 0.0155. The molecular formula is C122H136F5IN6O16. The number of fused-ring (bicyclic) bond motifs is 12. The van der Waals surface area contributed by atoms with Gasteiger partial charge >= 0.3 is 0 Å². The number of halogens is 6. The number of hydrogen-bond donors (Lipinski definition) is 10. The summed E-state index contributed by atoms with van der Waals surface area (Å²) in [6.45, 7) is 21.5. The van der Waals surface area contributed by atoms with Gasteiger partial charge in [-0.25, -0.2) is 8.78 Å². The number of phenolic OH excluding ortho intramolecular Hbond substituents is 10. The van der Waals surface area contributed by atoms with Crippen molar-refractivity contribution in [1.82, 2.24) is 29.4 Å². The third-order valence-electron chi connectivity index (χ3n) is 32.3. The Labute approximate surface area is 888 Å². The van der Waals surface area contributed by atoms with E-state index in [2.05, 4.69) is 130 Å². The monoisotopic (exact) mass is 2160 g/mol. The van der Waals surface area contributed by atoms with Gasteiger partial charge in [-0.05, 0) is 360 Å². The van der Waals surface area contributed by atoms with Crippen molar-refractivity contribution in [1.29, 1.82) is 0 Å². The zero-order valence-corrected chi connectivity index (χ0v) is 88.4. The number of phenols is 10. The molecule has 6 atom stereocenters. The van der Waals surface area contributed by atoms with E-state index in [0.29, 0.717) is 115 Å². The standard InChI is InChI=1S/C21H24FNO3.C21H24FNO2.2C20H22FNO3.C20H22FNO2.C20H22INO3/c1-2-23-8-6-14-10-15(26-9-3-7-22)12-16-19(14)17(23)11-13-4-5-18(24)21(25)20(13)16;1-2-23-9-7-15-11-16(25-10-4-8-22)13-17-20(15)18(23)12-14-5-3-6-19(24)21(14)17;1-22-7-5-13-9-14(25-8-2-6-21)11-15-18(13)16(22)10-12-3-4-17(23)20(24)19(12)15;1-2-22-7-5-13-9-14(25-8-6-21)11-15-18(13)16(22)10-12-3-4-17(23)20(24)19(12)15;1-2-22-8-6-14-10-15(24-9-7-21)12-16-19(14)17(22)11-13-4-3-5-18(23)20(13)16;1-2-22-7-5-13-9-14(25-8-6-21)11-15-18(13)16(22)10-12-3-4-17(23)20(24)19(12)15/h4-5,10,12,17,24-25H,2-3,6-9,11H2,1H3;3,5-6,11,13,18,24H,2,4,7-10,12H2,1H3;2*3-4,9,11,16,23-24H,2,5-8,10H2,1H3;3-5,10,12,17,23H,2,6-9,11H2,1H3;3-4,9,11,16,23-24H,2,5-8,10H2,1H3/t17-;18-;2*16-;17-;16-/m111111/s1. The van der Waals surface area contributed by atoms with Crippen LogP contribution in [0.3, 0.4) is 0 Å². The highest BCUT2D eigenvalue weighted by Crippen LogP contribution is 2.60. The van der Waals surface area contributed by atoms with Crippen molar-refractivity contribution in [3.63, 3.8) is 0 Å². The number of aromatic hydroxyl groups is 10. The Morgan fingerprint density at radius 2 is 0.480 bits per heavy atom. The lowest BCUT2D eigenvalue weighted by molar-refractivity contribution is 0.192. The van der Waals surface area contributed by atoms with Crippen LogP contribution in [0.5, 0.6) is 92.0 Å². The minimum Gasteiger partial charge on any atom is -0.507 e. The molecule has 10 N–H and O–H groups in total. The number of likely N-dealkylation sites (N-methyl/N-ethyl adjacent to an activating group) is 6. The summed E-state index contributed by atoms with van der Waals surface area (Å²) in [6.07, 6.45) is 11.9. The maximum atomic E-state index is 12.5. The number of nitrogens with zero attached hydrogens (tertiary/aromatic N) is 6. The molecule has 22 nitrogen and oxygen atoms in total. The Balaban J connectivity index is 0.000000113. The Kier molecular flexibility index (Phi) is 33.1. The van der Waals surface area contributed by atoms with E-state index in [-0.39, 0.29) is 84.0 Å². The molecule has 24 rings (SSSR count). The van der Waals surface area contributed by atoms with Gasteiger partial charge in [-0.2, -0.15) is 0 Å². The van der Waals surface area contributed by atoms with Crippen LogP contribution in [0.1, 0.15) is 190 Å². The van der Waals surface area contributed by atoms with E-state index in [9.17, 15) is 73.0 Å². The van der Waals surface area contributed by atoms with E-state index in [1.54, 1.807) is 36.4 Å². The molecule has 12 aromatic rings. The van der Waals surface area contributed by atoms with Gasteiger partial charge < -0.3 is 79.5 Å². The molecule has 6 heterocycles. The molecule has 0 radical (unpaired) electrons. The van der Waals surface area contributed by atoms with Gasteiger partial charge in [0.1, 0.15) is 72.6 Å². The van der Waals surface area contributed by atoms with Crippen LogP contribution in [0, 0.1) is 0 Å². The molecule has 0 aromatic heterocycles. The number of ether oxygens (including phenoxy) is 6. The third kappa shape index (κ3) is 20.9. The lowest BCUT2D eigenvalue weighted by atomic mass is 9.76. The first-order chi connectivity index (χ1) is 72.9. The summed E-state index contributed by atoms with van der Waals surface area (Å²) in [6, 6.07) is 51.4. The lowest BCUT2D eigenvalue weighted by Gasteiger charge is -2.41. The van der Waals surface area contributed by atoms with Gasteiger partial charge in [-0.1, -0.05) is 106 Å². The molecule has 0 bridgehead atoms. The second kappa shape index (κ2) is 46.8. The van der Waals surface area contributed by atoms with Crippen LogP contribution in [0.25, 0.3) is 66.8 Å². The number of rotatable bonds is 26. The van der Waals surface area contributed by atoms with E-state index in [4.69, 9.17) is 28.4 Å². The number of hydrogen-bond acceptors (Lipinski definition) is 22. The van der Waals surface area contributed by atoms with Gasteiger partial charge in [0.2, 0.25) is 0 Å². The molecule has 150 heavy (non-hydrogen) atoms.